The number of hydrogen-bond donors (Lipinski definition) is 2. The Morgan fingerprint density at radius 1 is 1.03 bits per heavy atom. The average molecular weight is 526 g/mol. The van der Waals surface area contributed by atoms with E-state index in [0.29, 0.717) is 6.54 Å². The second kappa shape index (κ2) is 12.7. The van der Waals surface area contributed by atoms with Crippen molar-refractivity contribution < 1.29 is 4.39 Å². The number of aromatic nitrogens is 1. The van der Waals surface area contributed by atoms with Crippen molar-refractivity contribution in [2.45, 2.75) is 19.9 Å². The summed E-state index contributed by atoms with van der Waals surface area (Å²) in [7, 11) is 1.75. The molecule has 0 bridgehead atoms. The summed E-state index contributed by atoms with van der Waals surface area (Å²) in [6, 6.07) is 10.8. The number of anilines is 1. The highest BCUT2D eigenvalue weighted by Gasteiger charge is 2.16. The van der Waals surface area contributed by atoms with Gasteiger partial charge in [0.15, 0.2) is 5.96 Å². The van der Waals surface area contributed by atoms with E-state index in [1.807, 2.05) is 18.3 Å². The minimum absolute atomic E-state index is 0. The zero-order valence-electron chi connectivity index (χ0n) is 17.8. The number of hydrogen-bond acceptors (Lipinski definition) is 4. The summed E-state index contributed by atoms with van der Waals surface area (Å²) in [6.07, 6.45) is 2.74. The van der Waals surface area contributed by atoms with Crippen LogP contribution in [0.2, 0.25) is 0 Å². The van der Waals surface area contributed by atoms with Gasteiger partial charge in [-0.2, -0.15) is 0 Å². The van der Waals surface area contributed by atoms with Crippen molar-refractivity contribution in [3.8, 4) is 0 Å². The van der Waals surface area contributed by atoms with E-state index in [0.717, 1.165) is 68.6 Å². The van der Waals surface area contributed by atoms with Crippen LogP contribution in [0.1, 0.15) is 18.1 Å². The largest absolute Gasteiger partial charge is 0.356 e. The number of nitrogens with zero attached hydrogens (tertiary/aromatic N) is 4. The maximum Gasteiger partial charge on any atom is 0.191 e. The molecule has 1 saturated heterocycles. The highest BCUT2D eigenvalue weighted by Crippen LogP contribution is 2.14. The molecule has 6 nitrogen and oxygen atoms in total. The van der Waals surface area contributed by atoms with Gasteiger partial charge in [-0.1, -0.05) is 25.1 Å². The third-order valence-corrected chi connectivity index (χ3v) is 5.26. The summed E-state index contributed by atoms with van der Waals surface area (Å²) in [5.41, 5.74) is 2.20. The van der Waals surface area contributed by atoms with Crippen LogP contribution in [-0.2, 0) is 13.0 Å². The van der Waals surface area contributed by atoms with Gasteiger partial charge in [0, 0.05) is 52.5 Å². The van der Waals surface area contributed by atoms with E-state index in [1.54, 1.807) is 7.05 Å². The third-order valence-electron chi connectivity index (χ3n) is 5.26. The monoisotopic (exact) mass is 526 g/mol. The van der Waals surface area contributed by atoms with Crippen LogP contribution in [0.3, 0.4) is 0 Å². The number of pyridine rings is 1. The standard InChI is InChI=1S/C22H31FN6.HI/c1-3-28-12-14-29(15-13-28)21-9-6-19(16-26-21)17-27-22(24-2)25-11-10-18-4-7-20(23)8-5-18;/h4-9,16H,3,10-15,17H2,1-2H3,(H2,24,25,27);1H. The molecule has 0 atom stereocenters. The normalized spacial score (nSPS) is 14.9. The summed E-state index contributed by atoms with van der Waals surface area (Å²) >= 11 is 0. The lowest BCUT2D eigenvalue weighted by Gasteiger charge is -2.34. The number of halogens is 2. The molecule has 3 rings (SSSR count). The van der Waals surface area contributed by atoms with E-state index < -0.39 is 0 Å². The Morgan fingerprint density at radius 2 is 1.73 bits per heavy atom. The van der Waals surface area contributed by atoms with Gasteiger partial charge in [-0.3, -0.25) is 4.99 Å². The van der Waals surface area contributed by atoms with E-state index >= 15 is 0 Å². The highest BCUT2D eigenvalue weighted by atomic mass is 127. The van der Waals surface area contributed by atoms with Crippen molar-refractivity contribution in [2.75, 3.05) is 51.2 Å². The van der Waals surface area contributed by atoms with Crippen molar-refractivity contribution in [2.24, 2.45) is 4.99 Å². The molecule has 0 aliphatic carbocycles. The molecule has 0 amide bonds. The summed E-state index contributed by atoms with van der Waals surface area (Å²) < 4.78 is 13.0. The molecule has 164 valence electrons. The lowest BCUT2D eigenvalue weighted by Crippen LogP contribution is -2.46. The van der Waals surface area contributed by atoms with E-state index in [2.05, 4.69) is 49.5 Å². The molecule has 8 heteroatoms. The highest BCUT2D eigenvalue weighted by molar-refractivity contribution is 14.0. The second-order valence-corrected chi connectivity index (χ2v) is 7.17. The molecule has 30 heavy (non-hydrogen) atoms. The van der Waals surface area contributed by atoms with Gasteiger partial charge in [-0.05, 0) is 42.3 Å². The Bertz CT molecular complexity index is 773. The Balaban J connectivity index is 0.00000320. The predicted octanol–water partition coefficient (Wildman–Crippen LogP) is 2.89. The van der Waals surface area contributed by atoms with E-state index in [9.17, 15) is 4.39 Å². The number of benzene rings is 1. The topological polar surface area (TPSA) is 55.8 Å². The van der Waals surface area contributed by atoms with Crippen LogP contribution >= 0.6 is 24.0 Å². The van der Waals surface area contributed by atoms with Crippen LogP contribution in [0.15, 0.2) is 47.6 Å². The number of likely N-dealkylation sites (N-methyl/N-ethyl adjacent to an activating group) is 1. The SMILES string of the molecule is CCN1CCN(c2ccc(CNC(=NC)NCCc3ccc(F)cc3)cn2)CC1.I. The van der Waals surface area contributed by atoms with Crippen LogP contribution < -0.4 is 15.5 Å². The molecule has 0 unspecified atom stereocenters. The van der Waals surface area contributed by atoms with E-state index in [-0.39, 0.29) is 29.8 Å². The Morgan fingerprint density at radius 3 is 2.33 bits per heavy atom. The van der Waals surface area contributed by atoms with Gasteiger partial charge in [0.1, 0.15) is 11.6 Å². The van der Waals surface area contributed by atoms with Crippen molar-refractivity contribution in [3.63, 3.8) is 0 Å². The molecule has 1 fully saturated rings. The number of nitrogens with one attached hydrogen (secondary N) is 2. The van der Waals surface area contributed by atoms with Gasteiger partial charge >= 0.3 is 0 Å². The molecule has 1 aliphatic rings. The molecule has 2 N–H and O–H groups in total. The van der Waals surface area contributed by atoms with Crippen LogP contribution in [0.25, 0.3) is 0 Å². The maximum absolute atomic E-state index is 13.0. The molecule has 1 aromatic carbocycles. The van der Waals surface area contributed by atoms with E-state index in [1.165, 1.54) is 12.1 Å². The molecular weight excluding hydrogens is 494 g/mol. The molecule has 2 heterocycles. The molecule has 0 radical (unpaired) electrons. The lowest BCUT2D eigenvalue weighted by molar-refractivity contribution is 0.270. The third kappa shape index (κ3) is 7.39. The number of piperazine rings is 1. The Hall–Kier alpha value is -1.94. The smallest absolute Gasteiger partial charge is 0.191 e. The van der Waals surface area contributed by atoms with Gasteiger partial charge in [-0.25, -0.2) is 9.37 Å². The fraction of sp³-hybridized carbons (Fsp3) is 0.455. The first-order valence-corrected chi connectivity index (χ1v) is 10.3. The second-order valence-electron chi connectivity index (χ2n) is 7.17. The molecule has 0 saturated carbocycles. The van der Waals surface area contributed by atoms with E-state index in [4.69, 9.17) is 0 Å². The number of guanidine groups is 1. The number of aliphatic imine (C=N–C) groups is 1. The Kier molecular flexibility index (Phi) is 10.3. The van der Waals surface area contributed by atoms with Crippen LogP contribution in [0.5, 0.6) is 0 Å². The minimum atomic E-state index is -0.206. The Labute approximate surface area is 196 Å². The van der Waals surface area contributed by atoms with Crippen LogP contribution in [0, 0.1) is 5.82 Å². The molecule has 0 spiro atoms. The fourth-order valence-electron chi connectivity index (χ4n) is 3.38. The fourth-order valence-corrected chi connectivity index (χ4v) is 3.38. The number of rotatable bonds is 7. The van der Waals surface area contributed by atoms with Gasteiger partial charge in [0.2, 0.25) is 0 Å². The molecule has 1 aromatic heterocycles. The van der Waals surface area contributed by atoms with Crippen LogP contribution in [0.4, 0.5) is 10.2 Å². The summed E-state index contributed by atoms with van der Waals surface area (Å²) in [5.74, 6) is 1.58. The first-order valence-electron chi connectivity index (χ1n) is 10.3. The lowest BCUT2D eigenvalue weighted by atomic mass is 10.1. The van der Waals surface area contributed by atoms with Gasteiger partial charge < -0.3 is 20.4 Å². The van der Waals surface area contributed by atoms with Gasteiger partial charge in [0.25, 0.3) is 0 Å². The van der Waals surface area contributed by atoms with Crippen LogP contribution in [-0.4, -0.2) is 62.2 Å². The minimum Gasteiger partial charge on any atom is -0.356 e. The molecular formula is C22H32FIN6. The zero-order chi connectivity index (χ0) is 20.5. The zero-order valence-corrected chi connectivity index (χ0v) is 20.1. The average Bonchev–Trinajstić information content (AvgIpc) is 2.78. The predicted molar refractivity (Wildman–Crippen MR) is 132 cm³/mol. The summed E-state index contributed by atoms with van der Waals surface area (Å²) in [4.78, 5) is 13.7. The van der Waals surface area contributed by atoms with Crippen molar-refractivity contribution in [1.82, 2.24) is 20.5 Å². The molecule has 2 aromatic rings. The first-order chi connectivity index (χ1) is 14.2. The van der Waals surface area contributed by atoms with Crippen molar-refractivity contribution in [3.05, 3.63) is 59.5 Å². The summed E-state index contributed by atoms with van der Waals surface area (Å²) in [5, 5.41) is 6.60. The van der Waals surface area contributed by atoms with Crippen molar-refractivity contribution in [1.29, 1.82) is 0 Å². The quantitative estimate of drug-likeness (QED) is 0.330. The van der Waals surface area contributed by atoms with Crippen molar-refractivity contribution >= 4 is 35.8 Å². The van der Waals surface area contributed by atoms with Gasteiger partial charge in [0.05, 0.1) is 0 Å². The maximum atomic E-state index is 13.0. The summed E-state index contributed by atoms with van der Waals surface area (Å²) in [6.45, 7) is 8.97. The molecule has 1 aliphatic heterocycles. The first kappa shape index (κ1) is 24.3. The van der Waals surface area contributed by atoms with Gasteiger partial charge in [-0.15, -0.1) is 24.0 Å².